The van der Waals surface area contributed by atoms with E-state index in [2.05, 4.69) is 21.7 Å². The number of rotatable bonds is 4. The van der Waals surface area contributed by atoms with Gasteiger partial charge in [0.2, 0.25) is 0 Å². The van der Waals surface area contributed by atoms with Crippen LogP contribution in [0.4, 0.5) is 0 Å². The summed E-state index contributed by atoms with van der Waals surface area (Å²) in [5, 5.41) is 20.8. The topological polar surface area (TPSA) is 66.5 Å². The van der Waals surface area contributed by atoms with Gasteiger partial charge in [-0.3, -0.25) is 5.32 Å². The van der Waals surface area contributed by atoms with E-state index in [-0.39, 0.29) is 0 Å². The molecule has 1 aliphatic rings. The summed E-state index contributed by atoms with van der Waals surface area (Å²) < 4.78 is 1.90. The molecule has 1 aromatic carbocycles. The Hall–Kier alpha value is -1.93. The number of hydrogen-bond acceptors (Lipinski definition) is 4. The minimum atomic E-state index is 0.423. The second-order valence-corrected chi connectivity index (χ2v) is 5.45. The number of nitrogens with zero attached hydrogens (tertiary/aromatic N) is 4. The molecule has 2 aromatic rings. The van der Waals surface area contributed by atoms with Crippen LogP contribution in [0.2, 0.25) is 0 Å². The maximum atomic E-state index is 8.92. The number of fused-ring (bicyclic) bond motifs is 1. The average molecular weight is 269 g/mol. The molecule has 3 rings (SSSR count). The molecule has 0 spiro atoms. The summed E-state index contributed by atoms with van der Waals surface area (Å²) in [6.45, 7) is 0.660. The van der Waals surface area contributed by atoms with E-state index in [1.807, 2.05) is 28.9 Å². The number of benzene rings is 1. The Bertz CT molecular complexity index is 612. The van der Waals surface area contributed by atoms with Crippen molar-refractivity contribution >= 4 is 11.0 Å². The molecule has 5 heteroatoms. The summed E-state index contributed by atoms with van der Waals surface area (Å²) >= 11 is 0. The van der Waals surface area contributed by atoms with E-state index in [0.717, 1.165) is 23.9 Å². The van der Waals surface area contributed by atoms with E-state index < -0.39 is 0 Å². The van der Waals surface area contributed by atoms with Gasteiger partial charge in [-0.15, -0.1) is 5.10 Å². The molecule has 0 bridgehead atoms. The van der Waals surface area contributed by atoms with Gasteiger partial charge in [-0.1, -0.05) is 30.2 Å². The van der Waals surface area contributed by atoms with Crippen molar-refractivity contribution in [1.82, 2.24) is 20.3 Å². The van der Waals surface area contributed by atoms with Crippen molar-refractivity contribution < 1.29 is 0 Å². The molecular formula is C15H19N5. The van der Waals surface area contributed by atoms with Gasteiger partial charge >= 0.3 is 0 Å². The lowest BCUT2D eigenvalue weighted by molar-refractivity contribution is 0.248. The number of nitriles is 1. The molecule has 1 heterocycles. The van der Waals surface area contributed by atoms with Crippen molar-refractivity contribution in [3.63, 3.8) is 0 Å². The van der Waals surface area contributed by atoms with Gasteiger partial charge in [0.25, 0.3) is 0 Å². The van der Waals surface area contributed by atoms with Crippen LogP contribution >= 0.6 is 0 Å². The van der Waals surface area contributed by atoms with E-state index in [9.17, 15) is 0 Å². The van der Waals surface area contributed by atoms with Gasteiger partial charge in [0.15, 0.2) is 0 Å². The van der Waals surface area contributed by atoms with Crippen LogP contribution in [0.15, 0.2) is 24.3 Å². The summed E-state index contributed by atoms with van der Waals surface area (Å²) in [4.78, 5) is 0. The molecule has 2 unspecified atom stereocenters. The van der Waals surface area contributed by atoms with Crippen LogP contribution < -0.4 is 5.32 Å². The van der Waals surface area contributed by atoms with Gasteiger partial charge in [-0.05, 0) is 30.9 Å². The average Bonchev–Trinajstić information content (AvgIpc) is 2.90. The van der Waals surface area contributed by atoms with Crippen molar-refractivity contribution in [2.45, 2.75) is 44.8 Å². The predicted molar refractivity (Wildman–Crippen MR) is 76.6 cm³/mol. The Morgan fingerprint density at radius 2 is 2.15 bits per heavy atom. The Kier molecular flexibility index (Phi) is 3.93. The lowest BCUT2D eigenvalue weighted by atomic mass is 9.83. The highest BCUT2D eigenvalue weighted by molar-refractivity contribution is 5.73. The van der Waals surface area contributed by atoms with E-state index in [4.69, 9.17) is 5.26 Å². The minimum absolute atomic E-state index is 0.423. The third-order valence-corrected chi connectivity index (χ3v) is 4.19. The molecule has 0 saturated heterocycles. The normalized spacial score (nSPS) is 22.8. The van der Waals surface area contributed by atoms with Crippen molar-refractivity contribution in [3.8, 4) is 6.07 Å². The lowest BCUT2D eigenvalue weighted by Gasteiger charge is -2.30. The molecule has 0 aliphatic heterocycles. The smallest absolute Gasteiger partial charge is 0.113 e. The largest absolute Gasteiger partial charge is 0.295 e. The number of hydrogen-bond donors (Lipinski definition) is 1. The standard InChI is InChI=1S/C15H19N5/c16-10-9-12-5-1-2-6-13(12)17-11-20-15-8-4-3-7-14(15)18-19-20/h3-4,7-8,12-13,17H,1-2,5-6,9,11H2. The first-order valence-corrected chi connectivity index (χ1v) is 7.27. The molecule has 1 aromatic heterocycles. The van der Waals surface area contributed by atoms with Crippen molar-refractivity contribution in [1.29, 1.82) is 5.26 Å². The highest BCUT2D eigenvalue weighted by Gasteiger charge is 2.24. The molecule has 1 fully saturated rings. The van der Waals surface area contributed by atoms with E-state index in [0.29, 0.717) is 25.0 Å². The van der Waals surface area contributed by atoms with Crippen LogP contribution in [0.3, 0.4) is 0 Å². The fourth-order valence-electron chi connectivity index (χ4n) is 3.08. The van der Waals surface area contributed by atoms with Crippen LogP contribution in [-0.2, 0) is 6.67 Å². The SMILES string of the molecule is N#CCC1CCCCC1NCn1nnc2ccccc21. The van der Waals surface area contributed by atoms with Crippen LogP contribution in [-0.4, -0.2) is 21.0 Å². The Morgan fingerprint density at radius 1 is 1.30 bits per heavy atom. The summed E-state index contributed by atoms with van der Waals surface area (Å²) in [6, 6.07) is 10.7. The summed E-state index contributed by atoms with van der Waals surface area (Å²) in [5.74, 6) is 0.475. The summed E-state index contributed by atoms with van der Waals surface area (Å²) in [6.07, 6.45) is 5.45. The van der Waals surface area contributed by atoms with E-state index >= 15 is 0 Å². The Balaban J connectivity index is 1.67. The van der Waals surface area contributed by atoms with E-state index in [1.54, 1.807) is 0 Å². The molecule has 1 saturated carbocycles. The molecular weight excluding hydrogens is 250 g/mol. The maximum absolute atomic E-state index is 8.92. The van der Waals surface area contributed by atoms with Crippen LogP contribution in [0, 0.1) is 17.2 Å². The third-order valence-electron chi connectivity index (χ3n) is 4.19. The van der Waals surface area contributed by atoms with Gasteiger partial charge in [-0.2, -0.15) is 5.26 Å². The molecule has 1 N–H and O–H groups in total. The van der Waals surface area contributed by atoms with Crippen molar-refractivity contribution in [2.24, 2.45) is 5.92 Å². The lowest BCUT2D eigenvalue weighted by Crippen LogP contribution is -2.39. The van der Waals surface area contributed by atoms with Crippen molar-refractivity contribution in [3.05, 3.63) is 24.3 Å². The summed E-state index contributed by atoms with van der Waals surface area (Å²) in [7, 11) is 0. The second-order valence-electron chi connectivity index (χ2n) is 5.45. The van der Waals surface area contributed by atoms with Crippen molar-refractivity contribution in [2.75, 3.05) is 0 Å². The number of nitrogens with one attached hydrogen (secondary N) is 1. The fourth-order valence-corrected chi connectivity index (χ4v) is 3.08. The van der Waals surface area contributed by atoms with Gasteiger partial charge < -0.3 is 0 Å². The molecule has 104 valence electrons. The first-order valence-electron chi connectivity index (χ1n) is 7.27. The fraction of sp³-hybridized carbons (Fsp3) is 0.533. The highest BCUT2D eigenvalue weighted by atomic mass is 15.5. The Morgan fingerprint density at radius 3 is 3.05 bits per heavy atom. The molecule has 20 heavy (non-hydrogen) atoms. The van der Waals surface area contributed by atoms with Gasteiger partial charge in [-0.25, -0.2) is 4.68 Å². The van der Waals surface area contributed by atoms with Crippen LogP contribution in [0.25, 0.3) is 11.0 Å². The molecule has 5 nitrogen and oxygen atoms in total. The zero-order chi connectivity index (χ0) is 13.8. The second kappa shape index (κ2) is 6.02. The van der Waals surface area contributed by atoms with E-state index in [1.165, 1.54) is 12.8 Å². The first kappa shape index (κ1) is 13.1. The number of para-hydroxylation sites is 1. The Labute approximate surface area is 118 Å². The van der Waals surface area contributed by atoms with Gasteiger partial charge in [0.05, 0.1) is 18.3 Å². The van der Waals surface area contributed by atoms with Gasteiger partial charge in [0.1, 0.15) is 5.52 Å². The monoisotopic (exact) mass is 269 g/mol. The quantitative estimate of drug-likeness (QED) is 0.925. The number of aromatic nitrogens is 3. The summed E-state index contributed by atoms with van der Waals surface area (Å²) in [5.41, 5.74) is 1.97. The highest BCUT2D eigenvalue weighted by Crippen LogP contribution is 2.26. The zero-order valence-corrected chi connectivity index (χ0v) is 11.5. The minimum Gasteiger partial charge on any atom is -0.295 e. The first-order chi connectivity index (χ1) is 9.88. The molecule has 2 atom stereocenters. The van der Waals surface area contributed by atoms with Crippen LogP contribution in [0.1, 0.15) is 32.1 Å². The third kappa shape index (κ3) is 2.66. The van der Waals surface area contributed by atoms with Gasteiger partial charge in [0, 0.05) is 12.5 Å². The predicted octanol–water partition coefficient (Wildman–Crippen LogP) is 2.45. The molecule has 1 aliphatic carbocycles. The maximum Gasteiger partial charge on any atom is 0.113 e. The molecule has 0 radical (unpaired) electrons. The van der Waals surface area contributed by atoms with Crippen LogP contribution in [0.5, 0.6) is 0 Å². The zero-order valence-electron chi connectivity index (χ0n) is 11.5. The molecule has 0 amide bonds.